The summed E-state index contributed by atoms with van der Waals surface area (Å²) in [5.41, 5.74) is 1.34. The van der Waals surface area contributed by atoms with Crippen LogP contribution in [0.3, 0.4) is 0 Å². The van der Waals surface area contributed by atoms with Crippen LogP contribution in [0, 0.1) is 0 Å². The van der Waals surface area contributed by atoms with Gasteiger partial charge in [0.2, 0.25) is 10.0 Å². The monoisotopic (exact) mass is 347 g/mol. The van der Waals surface area contributed by atoms with E-state index >= 15 is 0 Å². The lowest BCUT2D eigenvalue weighted by Crippen LogP contribution is -2.25. The molecule has 7 nitrogen and oxygen atoms in total. The van der Waals surface area contributed by atoms with E-state index in [1.54, 1.807) is 36.5 Å². The summed E-state index contributed by atoms with van der Waals surface area (Å²) in [6.45, 7) is 0.401. The molecule has 126 valence electrons. The minimum atomic E-state index is -3.34. The predicted octanol–water partition coefficient (Wildman–Crippen LogP) is 1.88. The van der Waals surface area contributed by atoms with E-state index in [0.29, 0.717) is 35.7 Å². The van der Waals surface area contributed by atoms with E-state index in [9.17, 15) is 13.2 Å². The minimum Gasteiger partial charge on any atom is -0.495 e. The molecule has 1 aromatic heterocycles. The van der Waals surface area contributed by atoms with E-state index in [-0.39, 0.29) is 11.7 Å². The quantitative estimate of drug-likeness (QED) is 0.912. The average molecular weight is 347 g/mol. The lowest BCUT2D eigenvalue weighted by Gasteiger charge is -2.20. The molecule has 1 amide bonds. The molecule has 0 bridgehead atoms. The number of sulfonamides is 1. The fraction of sp³-hybridized carbons (Fsp3) is 0.250. The SMILES string of the molecule is COc1ccc(NC(=O)c2cccnc2)cc1N1CCCS1(=O)=O. The summed E-state index contributed by atoms with van der Waals surface area (Å²) in [5, 5.41) is 2.74. The Labute approximate surface area is 140 Å². The van der Waals surface area contributed by atoms with Gasteiger partial charge in [0, 0.05) is 24.6 Å². The van der Waals surface area contributed by atoms with Crippen LogP contribution in [0.5, 0.6) is 5.75 Å². The second-order valence-corrected chi connectivity index (χ2v) is 7.34. The van der Waals surface area contributed by atoms with Crippen molar-refractivity contribution >= 4 is 27.3 Å². The highest BCUT2D eigenvalue weighted by Gasteiger charge is 2.30. The van der Waals surface area contributed by atoms with Crippen molar-refractivity contribution in [2.45, 2.75) is 6.42 Å². The van der Waals surface area contributed by atoms with Crippen LogP contribution in [0.4, 0.5) is 11.4 Å². The number of rotatable bonds is 4. The Balaban J connectivity index is 1.91. The summed E-state index contributed by atoms with van der Waals surface area (Å²) < 4.78 is 30.9. The molecule has 1 aliphatic heterocycles. The normalized spacial score (nSPS) is 16.0. The van der Waals surface area contributed by atoms with Crippen LogP contribution in [0.25, 0.3) is 0 Å². The average Bonchev–Trinajstić information content (AvgIpc) is 2.94. The van der Waals surface area contributed by atoms with Crippen LogP contribution in [0.2, 0.25) is 0 Å². The number of ether oxygens (including phenoxy) is 1. The van der Waals surface area contributed by atoms with Crippen molar-refractivity contribution in [3.8, 4) is 5.75 Å². The number of hydrogen-bond acceptors (Lipinski definition) is 5. The maximum Gasteiger partial charge on any atom is 0.257 e. The van der Waals surface area contributed by atoms with Gasteiger partial charge in [0.15, 0.2) is 0 Å². The molecule has 0 unspecified atom stereocenters. The number of amides is 1. The van der Waals surface area contributed by atoms with E-state index < -0.39 is 10.0 Å². The molecular formula is C16H17N3O4S. The molecule has 0 spiro atoms. The molecule has 0 aliphatic carbocycles. The number of carbonyl (C=O) groups excluding carboxylic acids is 1. The van der Waals surface area contributed by atoms with Crippen LogP contribution in [-0.2, 0) is 10.0 Å². The largest absolute Gasteiger partial charge is 0.495 e. The minimum absolute atomic E-state index is 0.114. The summed E-state index contributed by atoms with van der Waals surface area (Å²) in [7, 11) is -1.86. The second kappa shape index (κ2) is 6.48. The van der Waals surface area contributed by atoms with Crippen molar-refractivity contribution in [2.75, 3.05) is 29.0 Å². The molecule has 3 rings (SSSR count). The first-order valence-electron chi connectivity index (χ1n) is 7.41. The Morgan fingerprint density at radius 2 is 2.17 bits per heavy atom. The number of methoxy groups -OCH3 is 1. The van der Waals surface area contributed by atoms with Gasteiger partial charge < -0.3 is 10.1 Å². The van der Waals surface area contributed by atoms with Gasteiger partial charge in [-0.25, -0.2) is 8.42 Å². The highest BCUT2D eigenvalue weighted by atomic mass is 32.2. The molecule has 0 radical (unpaired) electrons. The first kappa shape index (κ1) is 16.3. The van der Waals surface area contributed by atoms with Crippen molar-refractivity contribution in [2.24, 2.45) is 0 Å². The first-order chi connectivity index (χ1) is 11.5. The molecule has 0 atom stereocenters. The van der Waals surface area contributed by atoms with Gasteiger partial charge in [0.25, 0.3) is 5.91 Å². The Morgan fingerprint density at radius 3 is 2.79 bits per heavy atom. The van der Waals surface area contributed by atoms with Gasteiger partial charge in [0.1, 0.15) is 5.75 Å². The molecule has 2 heterocycles. The van der Waals surface area contributed by atoms with Gasteiger partial charge in [-0.15, -0.1) is 0 Å². The third-order valence-corrected chi connectivity index (χ3v) is 5.58. The Kier molecular flexibility index (Phi) is 4.39. The molecular weight excluding hydrogens is 330 g/mol. The summed E-state index contributed by atoms with van der Waals surface area (Å²) in [5.74, 6) is 0.242. The Morgan fingerprint density at radius 1 is 1.33 bits per heavy atom. The van der Waals surface area contributed by atoms with Gasteiger partial charge >= 0.3 is 0 Å². The molecule has 1 aliphatic rings. The lowest BCUT2D eigenvalue weighted by atomic mass is 10.2. The summed E-state index contributed by atoms with van der Waals surface area (Å²) in [6, 6.07) is 8.24. The van der Waals surface area contributed by atoms with E-state index in [0.717, 1.165) is 0 Å². The predicted molar refractivity (Wildman–Crippen MR) is 90.9 cm³/mol. The number of aromatic nitrogens is 1. The van der Waals surface area contributed by atoms with E-state index in [4.69, 9.17) is 4.74 Å². The zero-order valence-electron chi connectivity index (χ0n) is 13.1. The summed E-state index contributed by atoms with van der Waals surface area (Å²) >= 11 is 0. The molecule has 0 saturated carbocycles. The maximum atomic E-state index is 12.2. The number of pyridine rings is 1. The molecule has 2 aromatic rings. The Bertz CT molecular complexity index is 853. The zero-order valence-corrected chi connectivity index (χ0v) is 13.9. The molecule has 1 saturated heterocycles. The van der Waals surface area contributed by atoms with Gasteiger partial charge in [0.05, 0.1) is 24.1 Å². The molecule has 8 heteroatoms. The van der Waals surface area contributed by atoms with Gasteiger partial charge in [-0.3, -0.25) is 14.1 Å². The van der Waals surface area contributed by atoms with Crippen molar-refractivity contribution in [3.63, 3.8) is 0 Å². The highest BCUT2D eigenvalue weighted by Crippen LogP contribution is 2.35. The molecule has 1 N–H and O–H groups in total. The van der Waals surface area contributed by atoms with Crippen LogP contribution in [0.15, 0.2) is 42.7 Å². The number of nitrogens with one attached hydrogen (secondary N) is 1. The van der Waals surface area contributed by atoms with Crippen molar-refractivity contribution in [3.05, 3.63) is 48.3 Å². The smallest absolute Gasteiger partial charge is 0.257 e. The number of nitrogens with zero attached hydrogens (tertiary/aromatic N) is 2. The van der Waals surface area contributed by atoms with E-state index in [1.165, 1.54) is 17.6 Å². The first-order valence-corrected chi connectivity index (χ1v) is 9.02. The van der Waals surface area contributed by atoms with Crippen molar-refractivity contribution < 1.29 is 17.9 Å². The molecule has 1 fully saturated rings. The van der Waals surface area contributed by atoms with Crippen LogP contribution in [0.1, 0.15) is 16.8 Å². The van der Waals surface area contributed by atoms with Crippen LogP contribution < -0.4 is 14.4 Å². The highest BCUT2D eigenvalue weighted by molar-refractivity contribution is 7.93. The van der Waals surface area contributed by atoms with E-state index in [1.807, 2.05) is 0 Å². The van der Waals surface area contributed by atoms with E-state index in [2.05, 4.69) is 10.3 Å². The zero-order chi connectivity index (χ0) is 17.2. The van der Waals surface area contributed by atoms with Crippen molar-refractivity contribution in [1.82, 2.24) is 4.98 Å². The van der Waals surface area contributed by atoms with Crippen molar-refractivity contribution in [1.29, 1.82) is 0 Å². The Hall–Kier alpha value is -2.61. The number of benzene rings is 1. The van der Waals surface area contributed by atoms with Gasteiger partial charge in [-0.2, -0.15) is 0 Å². The number of hydrogen-bond donors (Lipinski definition) is 1. The van der Waals surface area contributed by atoms with Crippen LogP contribution >= 0.6 is 0 Å². The fourth-order valence-corrected chi connectivity index (χ4v) is 4.14. The second-order valence-electron chi connectivity index (χ2n) is 5.32. The molecule has 24 heavy (non-hydrogen) atoms. The van der Waals surface area contributed by atoms with Crippen LogP contribution in [-0.4, -0.2) is 38.7 Å². The third kappa shape index (κ3) is 3.18. The fourth-order valence-electron chi connectivity index (χ4n) is 2.57. The van der Waals surface area contributed by atoms with Gasteiger partial charge in [-0.05, 0) is 36.8 Å². The summed E-state index contributed by atoms with van der Waals surface area (Å²) in [4.78, 5) is 16.1. The number of carbonyl (C=O) groups is 1. The topological polar surface area (TPSA) is 88.6 Å². The molecule has 1 aromatic carbocycles. The third-order valence-electron chi connectivity index (χ3n) is 3.73. The lowest BCUT2D eigenvalue weighted by molar-refractivity contribution is 0.102. The van der Waals surface area contributed by atoms with Gasteiger partial charge in [-0.1, -0.05) is 0 Å². The summed E-state index contributed by atoms with van der Waals surface area (Å²) in [6.07, 6.45) is 3.61. The standard InChI is InChI=1S/C16H17N3O4S/c1-23-15-6-5-13(18-16(20)12-4-2-7-17-11-12)10-14(15)19-8-3-9-24(19,21)22/h2,4-7,10-11H,3,8-9H2,1H3,(H,18,20). The maximum absolute atomic E-state index is 12.2. The number of anilines is 2.